The maximum absolute atomic E-state index is 13.4. The average Bonchev–Trinajstić information content (AvgIpc) is 3.26. The fourth-order valence-corrected chi connectivity index (χ4v) is 8.55. The number of amides is 1. The van der Waals surface area contributed by atoms with Crippen LogP contribution in [0.2, 0.25) is 0 Å². The molecule has 0 spiro atoms. The highest BCUT2D eigenvalue weighted by molar-refractivity contribution is 7.47. The van der Waals surface area contributed by atoms with Crippen molar-refractivity contribution < 1.29 is 37.3 Å². The molecule has 1 amide bonds. The van der Waals surface area contributed by atoms with Crippen molar-refractivity contribution in [3.8, 4) is 0 Å². The molecule has 65 heavy (non-hydrogen) atoms. The first kappa shape index (κ1) is 63.2. The maximum atomic E-state index is 13.4. The fraction of sp³-hybridized carbons (Fsp3) is 0.855. The first-order valence-corrected chi connectivity index (χ1v) is 28.8. The highest BCUT2D eigenvalue weighted by Gasteiger charge is 2.30. The van der Waals surface area contributed by atoms with Crippen LogP contribution in [0.4, 0.5) is 0 Å². The van der Waals surface area contributed by atoms with Gasteiger partial charge in [0.15, 0.2) is 0 Å². The second kappa shape index (κ2) is 46.0. The highest BCUT2D eigenvalue weighted by atomic mass is 31.2. The van der Waals surface area contributed by atoms with Crippen LogP contribution in [0.1, 0.15) is 252 Å². The van der Waals surface area contributed by atoms with E-state index in [4.69, 9.17) is 13.8 Å². The normalized spacial score (nSPS) is 14.1. The summed E-state index contributed by atoms with van der Waals surface area (Å²) in [7, 11) is 1.47. The molecule has 0 aliphatic carbocycles. The van der Waals surface area contributed by atoms with Crippen LogP contribution in [-0.4, -0.2) is 74.3 Å². The van der Waals surface area contributed by atoms with Crippen molar-refractivity contribution in [2.24, 2.45) is 0 Å². The van der Waals surface area contributed by atoms with Crippen molar-refractivity contribution in [3.05, 3.63) is 36.5 Å². The first-order chi connectivity index (χ1) is 31.4. The maximum Gasteiger partial charge on any atom is 0.472 e. The SMILES string of the molecule is CCCCCCCC/C=C\C/C=C/CCC(=O)NC(COP(=O)(O)OCC[N+](C)(C)C)C(/C=C/CCCCCCCCCCCCC)OC(=O)CCCCCCCCCCCCCCC. The predicted octanol–water partition coefficient (Wildman–Crippen LogP) is 16.0. The lowest BCUT2D eigenvalue weighted by Gasteiger charge is -2.27. The number of likely N-dealkylation sites (N-methyl/N-ethyl adjacent to an activating group) is 1. The summed E-state index contributed by atoms with van der Waals surface area (Å²) in [6.45, 7) is 6.96. The third-order valence-electron chi connectivity index (χ3n) is 12.1. The summed E-state index contributed by atoms with van der Waals surface area (Å²) >= 11 is 0. The summed E-state index contributed by atoms with van der Waals surface area (Å²) in [5, 5.41) is 3.00. The summed E-state index contributed by atoms with van der Waals surface area (Å²) in [5.74, 6) is -0.576. The molecule has 0 aromatic heterocycles. The van der Waals surface area contributed by atoms with Gasteiger partial charge in [0, 0.05) is 12.8 Å². The number of nitrogens with zero attached hydrogens (tertiary/aromatic N) is 1. The fourth-order valence-electron chi connectivity index (χ4n) is 7.81. The van der Waals surface area contributed by atoms with Crippen molar-refractivity contribution in [1.82, 2.24) is 5.32 Å². The number of nitrogens with one attached hydrogen (secondary N) is 1. The van der Waals surface area contributed by atoms with E-state index >= 15 is 0 Å². The van der Waals surface area contributed by atoms with Gasteiger partial charge in [0.1, 0.15) is 19.3 Å². The number of esters is 1. The van der Waals surface area contributed by atoms with Crippen LogP contribution in [0.15, 0.2) is 36.5 Å². The van der Waals surface area contributed by atoms with E-state index in [0.717, 1.165) is 51.4 Å². The Bertz CT molecular complexity index is 1220. The third-order valence-corrected chi connectivity index (χ3v) is 13.1. The minimum atomic E-state index is -4.45. The van der Waals surface area contributed by atoms with Crippen LogP contribution in [0, 0.1) is 0 Å². The number of phosphoric ester groups is 1. The summed E-state index contributed by atoms with van der Waals surface area (Å²) < 4.78 is 30.5. The summed E-state index contributed by atoms with van der Waals surface area (Å²) in [6.07, 6.45) is 52.9. The standard InChI is InChI=1S/C55H105N2O7P/c1-7-10-13-16-19-22-25-28-31-34-37-40-43-46-53(64-55(59)48-45-42-39-36-33-30-27-24-21-18-15-12-9-3)52(51-63-65(60,61)62-50-49-57(4,5)6)56-54(58)47-44-41-38-35-32-29-26-23-20-17-14-11-8-2/h29,32,38,41,43,46,52-53H,7-28,30-31,33-37,39-40,42,44-45,47-51H2,1-6H3,(H-,56,58,60,61)/p+1/b32-29-,41-38+,46-43+. The Morgan fingerprint density at radius 3 is 1.42 bits per heavy atom. The minimum Gasteiger partial charge on any atom is -0.456 e. The molecule has 0 fully saturated rings. The Kier molecular flexibility index (Phi) is 44.7. The molecule has 0 bridgehead atoms. The van der Waals surface area contributed by atoms with Gasteiger partial charge < -0.3 is 19.4 Å². The molecule has 0 saturated carbocycles. The van der Waals surface area contributed by atoms with Gasteiger partial charge in [-0.15, -0.1) is 0 Å². The lowest BCUT2D eigenvalue weighted by atomic mass is 10.0. The summed E-state index contributed by atoms with van der Waals surface area (Å²) in [5.41, 5.74) is 0. The Hall–Kier alpha value is -1.77. The quantitative estimate of drug-likeness (QED) is 0.0205. The smallest absolute Gasteiger partial charge is 0.456 e. The molecule has 10 heteroatoms. The Balaban J connectivity index is 5.48. The van der Waals surface area contributed by atoms with Crippen LogP contribution in [-0.2, 0) is 27.9 Å². The Morgan fingerprint density at radius 1 is 0.538 bits per heavy atom. The van der Waals surface area contributed by atoms with E-state index in [2.05, 4.69) is 44.3 Å². The lowest BCUT2D eigenvalue weighted by molar-refractivity contribution is -0.870. The van der Waals surface area contributed by atoms with Gasteiger partial charge in [0.2, 0.25) is 5.91 Å². The van der Waals surface area contributed by atoms with Crippen molar-refractivity contribution in [1.29, 1.82) is 0 Å². The number of phosphoric acid groups is 1. The monoisotopic (exact) mass is 938 g/mol. The second-order valence-electron chi connectivity index (χ2n) is 19.8. The molecule has 0 aliphatic heterocycles. The Labute approximate surface area is 402 Å². The largest absolute Gasteiger partial charge is 0.472 e. The number of hydrogen-bond acceptors (Lipinski definition) is 6. The van der Waals surface area contributed by atoms with Gasteiger partial charge in [-0.1, -0.05) is 225 Å². The number of rotatable bonds is 49. The molecule has 3 atom stereocenters. The van der Waals surface area contributed by atoms with Crippen molar-refractivity contribution in [2.45, 2.75) is 264 Å². The van der Waals surface area contributed by atoms with Crippen molar-refractivity contribution in [3.63, 3.8) is 0 Å². The number of allylic oxidation sites excluding steroid dienone is 5. The van der Waals surface area contributed by atoms with Gasteiger partial charge in [-0.05, 0) is 51.0 Å². The number of carbonyl (C=O) groups excluding carboxylic acids is 2. The zero-order chi connectivity index (χ0) is 48.0. The van der Waals surface area contributed by atoms with E-state index < -0.39 is 20.0 Å². The molecule has 0 aliphatic rings. The van der Waals surface area contributed by atoms with Gasteiger partial charge >= 0.3 is 13.8 Å². The predicted molar refractivity (Wildman–Crippen MR) is 277 cm³/mol. The zero-order valence-electron chi connectivity index (χ0n) is 43.5. The molecule has 2 N–H and O–H groups in total. The molecule has 0 radical (unpaired) electrons. The van der Waals surface area contributed by atoms with Gasteiger partial charge in [0.05, 0.1) is 33.8 Å². The minimum absolute atomic E-state index is 0.0330. The molecule has 0 aromatic carbocycles. The number of quaternary nitrogens is 1. The van der Waals surface area contributed by atoms with Crippen LogP contribution >= 0.6 is 7.82 Å². The van der Waals surface area contributed by atoms with Crippen LogP contribution in [0.5, 0.6) is 0 Å². The summed E-state index contributed by atoms with van der Waals surface area (Å²) in [6, 6.07) is -0.872. The topological polar surface area (TPSA) is 111 Å². The van der Waals surface area contributed by atoms with E-state index in [1.165, 1.54) is 161 Å². The van der Waals surface area contributed by atoms with E-state index in [1.54, 1.807) is 0 Å². The van der Waals surface area contributed by atoms with Crippen LogP contribution < -0.4 is 5.32 Å². The molecular weight excluding hydrogens is 832 g/mol. The molecule has 0 rings (SSSR count). The first-order valence-electron chi connectivity index (χ1n) is 27.3. The third kappa shape index (κ3) is 47.1. The number of unbranched alkanes of at least 4 members (excludes halogenated alkanes) is 29. The molecule has 9 nitrogen and oxygen atoms in total. The van der Waals surface area contributed by atoms with E-state index in [-0.39, 0.29) is 37.9 Å². The van der Waals surface area contributed by atoms with Crippen LogP contribution in [0.25, 0.3) is 0 Å². The van der Waals surface area contributed by atoms with Gasteiger partial charge in [-0.2, -0.15) is 0 Å². The number of carbonyl (C=O) groups is 2. The second-order valence-corrected chi connectivity index (χ2v) is 21.2. The van der Waals surface area contributed by atoms with Crippen LogP contribution in [0.3, 0.4) is 0 Å². The number of hydrogen-bond donors (Lipinski definition) is 2. The Morgan fingerprint density at radius 2 is 0.954 bits per heavy atom. The van der Waals surface area contributed by atoms with Gasteiger partial charge in [-0.3, -0.25) is 18.6 Å². The van der Waals surface area contributed by atoms with E-state index in [9.17, 15) is 19.0 Å². The van der Waals surface area contributed by atoms with Gasteiger partial charge in [0.25, 0.3) is 0 Å². The molecule has 3 unspecified atom stereocenters. The van der Waals surface area contributed by atoms with Crippen molar-refractivity contribution >= 4 is 19.7 Å². The molecule has 0 saturated heterocycles. The van der Waals surface area contributed by atoms with E-state index in [1.807, 2.05) is 39.4 Å². The molecule has 382 valence electrons. The average molecular weight is 938 g/mol. The van der Waals surface area contributed by atoms with Gasteiger partial charge in [-0.25, -0.2) is 4.57 Å². The lowest BCUT2D eigenvalue weighted by Crippen LogP contribution is -2.47. The summed E-state index contributed by atoms with van der Waals surface area (Å²) in [4.78, 5) is 37.4. The highest BCUT2D eigenvalue weighted by Crippen LogP contribution is 2.43. The zero-order valence-corrected chi connectivity index (χ0v) is 44.4. The molecule has 0 aromatic rings. The number of ether oxygens (including phenoxy) is 1. The van der Waals surface area contributed by atoms with Crippen molar-refractivity contribution in [2.75, 3.05) is 40.9 Å². The van der Waals surface area contributed by atoms with E-state index in [0.29, 0.717) is 17.4 Å². The molecule has 0 heterocycles. The molecular formula is C55H106N2O7P+.